The fourth-order valence-corrected chi connectivity index (χ4v) is 1.51. The SMILES string of the molecule is CC(CCNc1ccc(C(F)(F)F)cc1C#N)C(=O)O. The van der Waals surface area contributed by atoms with Gasteiger partial charge in [0.05, 0.1) is 22.7 Å². The number of hydrogen-bond donors (Lipinski definition) is 2. The van der Waals surface area contributed by atoms with Gasteiger partial charge in [-0.25, -0.2) is 0 Å². The lowest BCUT2D eigenvalue weighted by atomic mass is 10.1. The van der Waals surface area contributed by atoms with Gasteiger partial charge in [-0.05, 0) is 24.6 Å². The van der Waals surface area contributed by atoms with E-state index >= 15 is 0 Å². The summed E-state index contributed by atoms with van der Waals surface area (Å²) in [7, 11) is 0. The normalized spacial score (nSPS) is 12.6. The summed E-state index contributed by atoms with van der Waals surface area (Å²) in [5.74, 6) is -1.51. The fourth-order valence-electron chi connectivity index (χ4n) is 1.51. The highest BCUT2D eigenvalue weighted by Gasteiger charge is 2.31. The minimum atomic E-state index is -4.50. The van der Waals surface area contributed by atoms with E-state index < -0.39 is 23.6 Å². The number of carboxylic acids is 1. The third-order valence-corrected chi connectivity index (χ3v) is 2.78. The van der Waals surface area contributed by atoms with Gasteiger partial charge in [-0.2, -0.15) is 18.4 Å². The summed E-state index contributed by atoms with van der Waals surface area (Å²) in [5.41, 5.74) is -0.751. The van der Waals surface area contributed by atoms with Crippen LogP contribution in [-0.4, -0.2) is 17.6 Å². The highest BCUT2D eigenvalue weighted by molar-refractivity contribution is 5.69. The molecule has 0 amide bonds. The summed E-state index contributed by atoms with van der Waals surface area (Å²) in [5, 5.41) is 20.3. The summed E-state index contributed by atoms with van der Waals surface area (Å²) in [4.78, 5) is 10.6. The first kappa shape index (κ1) is 15.8. The Balaban J connectivity index is 2.77. The predicted molar refractivity (Wildman–Crippen MR) is 66.1 cm³/mol. The van der Waals surface area contributed by atoms with E-state index in [1.165, 1.54) is 13.0 Å². The van der Waals surface area contributed by atoms with Crippen LogP contribution in [0.3, 0.4) is 0 Å². The number of rotatable bonds is 5. The maximum atomic E-state index is 12.5. The van der Waals surface area contributed by atoms with Gasteiger partial charge in [0.15, 0.2) is 0 Å². The first-order chi connectivity index (χ1) is 9.25. The van der Waals surface area contributed by atoms with E-state index in [1.807, 2.05) is 0 Å². The third-order valence-electron chi connectivity index (χ3n) is 2.78. The largest absolute Gasteiger partial charge is 0.481 e. The Kier molecular flexibility index (Phi) is 4.97. The Morgan fingerprint density at radius 3 is 2.65 bits per heavy atom. The Morgan fingerprint density at radius 1 is 1.50 bits per heavy atom. The Bertz CT molecular complexity index is 535. The molecule has 0 fully saturated rings. The zero-order valence-electron chi connectivity index (χ0n) is 10.7. The van der Waals surface area contributed by atoms with Gasteiger partial charge in [0.1, 0.15) is 6.07 Å². The molecule has 0 heterocycles. The van der Waals surface area contributed by atoms with E-state index in [-0.39, 0.29) is 17.8 Å². The number of carbonyl (C=O) groups is 1. The second-order valence-corrected chi connectivity index (χ2v) is 4.32. The predicted octanol–water partition coefficient (Wildman–Crippen LogP) is 3.10. The minimum Gasteiger partial charge on any atom is -0.481 e. The number of alkyl halides is 3. The van der Waals surface area contributed by atoms with Gasteiger partial charge in [-0.15, -0.1) is 0 Å². The summed E-state index contributed by atoms with van der Waals surface area (Å²) in [6, 6.07) is 4.51. The van der Waals surface area contributed by atoms with Crippen molar-refractivity contribution in [2.75, 3.05) is 11.9 Å². The summed E-state index contributed by atoms with van der Waals surface area (Å²) in [6.07, 6.45) is -4.19. The Hall–Kier alpha value is -2.23. The lowest BCUT2D eigenvalue weighted by Crippen LogP contribution is -2.15. The number of carboxylic acid groups (broad SMARTS) is 1. The van der Waals surface area contributed by atoms with Crippen molar-refractivity contribution in [1.82, 2.24) is 0 Å². The van der Waals surface area contributed by atoms with Gasteiger partial charge in [0, 0.05) is 6.54 Å². The lowest BCUT2D eigenvalue weighted by molar-refractivity contribution is -0.141. The molecule has 4 nitrogen and oxygen atoms in total. The summed E-state index contributed by atoms with van der Waals surface area (Å²) >= 11 is 0. The molecule has 0 aliphatic rings. The van der Waals surface area contributed by atoms with E-state index in [4.69, 9.17) is 10.4 Å². The molecule has 1 unspecified atom stereocenters. The first-order valence-corrected chi connectivity index (χ1v) is 5.83. The van der Waals surface area contributed by atoms with E-state index in [2.05, 4.69) is 5.32 Å². The molecule has 1 aromatic carbocycles. The average molecular weight is 286 g/mol. The molecule has 1 aromatic rings. The number of nitrogens with zero attached hydrogens (tertiary/aromatic N) is 1. The van der Waals surface area contributed by atoms with Crippen LogP contribution in [0.4, 0.5) is 18.9 Å². The van der Waals surface area contributed by atoms with Crippen molar-refractivity contribution in [3.63, 3.8) is 0 Å². The van der Waals surface area contributed by atoms with Crippen LogP contribution in [0, 0.1) is 17.2 Å². The van der Waals surface area contributed by atoms with Gasteiger partial charge in [-0.3, -0.25) is 4.79 Å². The van der Waals surface area contributed by atoms with Crippen molar-refractivity contribution < 1.29 is 23.1 Å². The Morgan fingerprint density at radius 2 is 2.15 bits per heavy atom. The van der Waals surface area contributed by atoms with Crippen LogP contribution in [0.15, 0.2) is 18.2 Å². The summed E-state index contributed by atoms with van der Waals surface area (Å²) in [6.45, 7) is 1.79. The molecule has 1 atom stereocenters. The molecule has 0 bridgehead atoms. The number of nitrogens with one attached hydrogen (secondary N) is 1. The number of aliphatic carboxylic acids is 1. The monoisotopic (exact) mass is 286 g/mol. The molecule has 0 aromatic heterocycles. The van der Waals surface area contributed by atoms with Crippen molar-refractivity contribution in [1.29, 1.82) is 5.26 Å². The first-order valence-electron chi connectivity index (χ1n) is 5.83. The van der Waals surface area contributed by atoms with Crippen molar-refractivity contribution in [2.45, 2.75) is 19.5 Å². The van der Waals surface area contributed by atoms with Gasteiger partial charge in [0.2, 0.25) is 0 Å². The molecule has 0 saturated heterocycles. The lowest BCUT2D eigenvalue weighted by Gasteiger charge is -2.12. The molecule has 20 heavy (non-hydrogen) atoms. The average Bonchev–Trinajstić information content (AvgIpc) is 2.37. The van der Waals surface area contributed by atoms with Crippen LogP contribution in [0.1, 0.15) is 24.5 Å². The number of benzene rings is 1. The maximum Gasteiger partial charge on any atom is 0.416 e. The summed E-state index contributed by atoms with van der Waals surface area (Å²) < 4.78 is 37.5. The highest BCUT2D eigenvalue weighted by atomic mass is 19.4. The second kappa shape index (κ2) is 6.28. The smallest absolute Gasteiger partial charge is 0.416 e. The molecule has 7 heteroatoms. The van der Waals surface area contributed by atoms with Gasteiger partial charge < -0.3 is 10.4 Å². The number of anilines is 1. The van der Waals surface area contributed by atoms with Crippen LogP contribution < -0.4 is 5.32 Å². The van der Waals surface area contributed by atoms with E-state index in [0.717, 1.165) is 12.1 Å². The molecule has 0 aliphatic carbocycles. The molecule has 0 spiro atoms. The van der Waals surface area contributed by atoms with Crippen molar-refractivity contribution in [3.05, 3.63) is 29.3 Å². The van der Waals surface area contributed by atoms with Crippen LogP contribution >= 0.6 is 0 Å². The molecule has 0 radical (unpaired) electrons. The van der Waals surface area contributed by atoms with E-state index in [9.17, 15) is 18.0 Å². The number of hydrogen-bond acceptors (Lipinski definition) is 3. The van der Waals surface area contributed by atoms with Gasteiger partial charge in [-0.1, -0.05) is 6.92 Å². The van der Waals surface area contributed by atoms with Crippen molar-refractivity contribution in [2.24, 2.45) is 5.92 Å². The maximum absolute atomic E-state index is 12.5. The molecule has 1 rings (SSSR count). The highest BCUT2D eigenvalue weighted by Crippen LogP contribution is 2.31. The van der Waals surface area contributed by atoms with Crippen LogP contribution in [0.25, 0.3) is 0 Å². The van der Waals surface area contributed by atoms with E-state index in [1.54, 1.807) is 6.07 Å². The molecule has 0 saturated carbocycles. The Labute approximate surface area is 113 Å². The number of halogens is 3. The van der Waals surface area contributed by atoms with Crippen LogP contribution in [0.2, 0.25) is 0 Å². The molecule has 2 N–H and O–H groups in total. The van der Waals surface area contributed by atoms with Crippen LogP contribution in [-0.2, 0) is 11.0 Å². The number of nitriles is 1. The van der Waals surface area contributed by atoms with Crippen molar-refractivity contribution in [3.8, 4) is 6.07 Å². The minimum absolute atomic E-state index is 0.122. The van der Waals surface area contributed by atoms with Crippen molar-refractivity contribution >= 4 is 11.7 Å². The molecular weight excluding hydrogens is 273 g/mol. The second-order valence-electron chi connectivity index (χ2n) is 4.32. The standard InChI is InChI=1S/C13H13F3N2O2/c1-8(12(19)20)4-5-18-11-3-2-10(13(14,15)16)6-9(11)7-17/h2-3,6,8,18H,4-5H2,1H3,(H,19,20). The molecular formula is C13H13F3N2O2. The van der Waals surface area contributed by atoms with Gasteiger partial charge >= 0.3 is 12.1 Å². The zero-order chi connectivity index (χ0) is 15.3. The third kappa shape index (κ3) is 4.16. The van der Waals surface area contributed by atoms with E-state index in [0.29, 0.717) is 6.42 Å². The molecule has 108 valence electrons. The zero-order valence-corrected chi connectivity index (χ0v) is 10.7. The topological polar surface area (TPSA) is 73.1 Å². The fraction of sp³-hybridized carbons (Fsp3) is 0.385. The van der Waals surface area contributed by atoms with Gasteiger partial charge in [0.25, 0.3) is 0 Å². The van der Waals surface area contributed by atoms with Crippen LogP contribution in [0.5, 0.6) is 0 Å². The quantitative estimate of drug-likeness (QED) is 0.872. The molecule has 0 aliphatic heterocycles.